The predicted molar refractivity (Wildman–Crippen MR) is 172 cm³/mol. The fraction of sp³-hybridized carbons (Fsp3) is 0.303. The Morgan fingerprint density at radius 1 is 1.07 bits per heavy atom. The molecule has 46 heavy (non-hydrogen) atoms. The Balaban J connectivity index is 1.24. The van der Waals surface area contributed by atoms with Crippen LogP contribution in [0, 0.1) is 6.92 Å². The second kappa shape index (κ2) is 13.0. The molecular formula is C33H33F3N6O3S. The number of thioether (sulfide) groups is 1. The van der Waals surface area contributed by atoms with Crippen molar-refractivity contribution < 1.29 is 27.5 Å². The zero-order valence-electron chi connectivity index (χ0n) is 25.9. The first-order valence-electron chi connectivity index (χ1n) is 14.5. The number of hydrogen-bond acceptors (Lipinski definition) is 6. The summed E-state index contributed by atoms with van der Waals surface area (Å²) in [6.07, 6.45) is -2.78. The van der Waals surface area contributed by atoms with Gasteiger partial charge in [-0.25, -0.2) is 14.5 Å². The molecule has 1 saturated heterocycles. The molecule has 240 valence electrons. The number of benzene rings is 3. The molecule has 1 aliphatic heterocycles. The van der Waals surface area contributed by atoms with Crippen molar-refractivity contribution in [3.8, 4) is 22.8 Å². The van der Waals surface area contributed by atoms with Gasteiger partial charge < -0.3 is 10.1 Å². The highest BCUT2D eigenvalue weighted by Gasteiger charge is 2.33. The molecule has 0 spiro atoms. The molecule has 3 aromatic carbocycles. The van der Waals surface area contributed by atoms with E-state index >= 15 is 0 Å². The summed E-state index contributed by atoms with van der Waals surface area (Å²) in [4.78, 5) is 36.1. The van der Waals surface area contributed by atoms with Crippen molar-refractivity contribution >= 4 is 34.6 Å². The van der Waals surface area contributed by atoms with Crippen molar-refractivity contribution in [2.45, 2.75) is 58.9 Å². The number of anilines is 1. The van der Waals surface area contributed by atoms with E-state index < -0.39 is 17.9 Å². The van der Waals surface area contributed by atoms with Gasteiger partial charge >= 0.3 is 12.4 Å². The monoisotopic (exact) mass is 650 g/mol. The SMILES string of the molecule is Cc1ccc(C(C)C)c(N2C(=O)CSC2=NC(=O)NC(C)(C)Cc2ccc(-c3ncn(-c4ccc(OC(F)(F)F)cc4)n3)cc2)c1. The zero-order valence-corrected chi connectivity index (χ0v) is 26.7. The van der Waals surface area contributed by atoms with Gasteiger partial charge in [0.25, 0.3) is 0 Å². The third-order valence-corrected chi connectivity index (χ3v) is 8.07. The zero-order chi connectivity index (χ0) is 33.2. The molecule has 1 fully saturated rings. The van der Waals surface area contributed by atoms with Crippen LogP contribution >= 0.6 is 11.8 Å². The molecule has 1 aromatic heterocycles. The normalized spacial score (nSPS) is 14.8. The highest BCUT2D eigenvalue weighted by atomic mass is 32.2. The van der Waals surface area contributed by atoms with Crippen LogP contribution < -0.4 is 15.0 Å². The average molecular weight is 651 g/mol. The van der Waals surface area contributed by atoms with Crippen molar-refractivity contribution in [1.82, 2.24) is 20.1 Å². The average Bonchev–Trinajstić information content (AvgIpc) is 3.59. The lowest BCUT2D eigenvalue weighted by molar-refractivity contribution is -0.274. The maximum atomic E-state index is 13.1. The molecule has 13 heteroatoms. The second-order valence-corrected chi connectivity index (χ2v) is 12.8. The van der Waals surface area contributed by atoms with E-state index in [0.29, 0.717) is 23.1 Å². The van der Waals surface area contributed by atoms with Gasteiger partial charge in [-0.05, 0) is 80.1 Å². The summed E-state index contributed by atoms with van der Waals surface area (Å²) in [5, 5.41) is 7.77. The van der Waals surface area contributed by atoms with Gasteiger partial charge in [-0.1, -0.05) is 62.0 Å². The van der Waals surface area contributed by atoms with Crippen LogP contribution in [-0.4, -0.2) is 49.5 Å². The first-order valence-corrected chi connectivity index (χ1v) is 15.5. The number of aromatic nitrogens is 3. The summed E-state index contributed by atoms with van der Waals surface area (Å²) in [7, 11) is 0. The lowest BCUT2D eigenvalue weighted by atomic mass is 9.94. The van der Waals surface area contributed by atoms with Crippen LogP contribution in [-0.2, 0) is 11.2 Å². The molecule has 0 aliphatic carbocycles. The predicted octanol–water partition coefficient (Wildman–Crippen LogP) is 7.43. The van der Waals surface area contributed by atoms with Gasteiger partial charge in [0.05, 0.1) is 17.1 Å². The topological polar surface area (TPSA) is 102 Å². The van der Waals surface area contributed by atoms with E-state index in [4.69, 9.17) is 0 Å². The summed E-state index contributed by atoms with van der Waals surface area (Å²) in [5.41, 5.74) is 4.33. The second-order valence-electron chi connectivity index (χ2n) is 11.9. The Hall–Kier alpha value is -4.65. The largest absolute Gasteiger partial charge is 0.573 e. The minimum absolute atomic E-state index is 0.115. The van der Waals surface area contributed by atoms with E-state index in [1.807, 2.05) is 63.2 Å². The van der Waals surface area contributed by atoms with Crippen LogP contribution in [0.25, 0.3) is 17.1 Å². The number of carbonyl (C=O) groups is 2. The molecule has 0 atom stereocenters. The van der Waals surface area contributed by atoms with Crippen molar-refractivity contribution in [2.24, 2.45) is 4.99 Å². The number of rotatable bonds is 8. The lowest BCUT2D eigenvalue weighted by Crippen LogP contribution is -2.44. The highest BCUT2D eigenvalue weighted by Crippen LogP contribution is 2.34. The maximum absolute atomic E-state index is 13.1. The number of ether oxygens (including phenoxy) is 1. The van der Waals surface area contributed by atoms with Crippen molar-refractivity contribution in [3.05, 3.63) is 89.7 Å². The van der Waals surface area contributed by atoms with Crippen LogP contribution in [0.5, 0.6) is 5.75 Å². The molecule has 0 bridgehead atoms. The summed E-state index contributed by atoms with van der Waals surface area (Å²) in [6.45, 7) is 9.88. The Labute approximate surface area is 268 Å². The number of amides is 3. The number of aryl methyl sites for hydroxylation is 1. The molecular weight excluding hydrogens is 617 g/mol. The molecule has 4 aromatic rings. The summed E-state index contributed by atoms with van der Waals surface area (Å²) in [6, 6.07) is 18.3. The first kappa shape index (κ1) is 32.7. The van der Waals surface area contributed by atoms with E-state index in [2.05, 4.69) is 39.0 Å². The van der Waals surface area contributed by atoms with Gasteiger partial charge in [-0.15, -0.1) is 18.3 Å². The van der Waals surface area contributed by atoms with Crippen LogP contribution in [0.3, 0.4) is 0 Å². The number of nitrogens with zero attached hydrogens (tertiary/aromatic N) is 5. The Kier molecular flexibility index (Phi) is 9.24. The van der Waals surface area contributed by atoms with E-state index in [0.717, 1.165) is 27.9 Å². The van der Waals surface area contributed by atoms with Crippen LogP contribution in [0.15, 0.2) is 78.0 Å². The molecule has 2 heterocycles. The van der Waals surface area contributed by atoms with Crippen molar-refractivity contribution in [1.29, 1.82) is 0 Å². The third-order valence-electron chi connectivity index (χ3n) is 7.14. The van der Waals surface area contributed by atoms with Crippen LogP contribution in [0.2, 0.25) is 0 Å². The Morgan fingerprint density at radius 3 is 2.41 bits per heavy atom. The standard InChI is InChI=1S/C33H33F3N6O3S/c1-20(2)26-15-6-21(3)16-27(26)42-28(43)18-46-31(42)38-30(44)39-32(4,5)17-22-7-9-23(10-8-22)29-37-19-41(40-29)24-11-13-25(14-12-24)45-33(34,35)36/h6-16,19-20H,17-18H2,1-5H3,(H,39,44). The quantitative estimate of drug-likeness (QED) is 0.213. The number of nitrogens with one attached hydrogen (secondary N) is 1. The first-order chi connectivity index (χ1) is 21.7. The van der Waals surface area contributed by atoms with Gasteiger partial charge in [0, 0.05) is 11.1 Å². The van der Waals surface area contributed by atoms with Crippen molar-refractivity contribution in [3.63, 3.8) is 0 Å². The molecule has 0 unspecified atom stereocenters. The number of hydrogen-bond donors (Lipinski definition) is 1. The lowest BCUT2D eigenvalue weighted by Gasteiger charge is -2.26. The molecule has 0 saturated carbocycles. The molecule has 3 amide bonds. The molecule has 5 rings (SSSR count). The van der Waals surface area contributed by atoms with E-state index in [1.165, 1.54) is 47.0 Å². The molecule has 1 aliphatic rings. The summed E-state index contributed by atoms with van der Waals surface area (Å²) >= 11 is 1.25. The van der Waals surface area contributed by atoms with E-state index in [-0.39, 0.29) is 23.3 Å². The minimum atomic E-state index is -4.76. The number of amidine groups is 1. The van der Waals surface area contributed by atoms with Gasteiger partial charge in [0.2, 0.25) is 5.91 Å². The molecule has 1 N–H and O–H groups in total. The maximum Gasteiger partial charge on any atom is 0.573 e. The van der Waals surface area contributed by atoms with Gasteiger partial charge in [-0.3, -0.25) is 9.69 Å². The fourth-order valence-electron chi connectivity index (χ4n) is 5.07. The van der Waals surface area contributed by atoms with Gasteiger partial charge in [-0.2, -0.15) is 4.99 Å². The van der Waals surface area contributed by atoms with E-state index in [9.17, 15) is 22.8 Å². The number of halogens is 3. The number of urea groups is 1. The van der Waals surface area contributed by atoms with Crippen LogP contribution in [0.4, 0.5) is 23.7 Å². The molecule has 9 nitrogen and oxygen atoms in total. The van der Waals surface area contributed by atoms with Gasteiger partial charge in [0.1, 0.15) is 12.1 Å². The van der Waals surface area contributed by atoms with Crippen molar-refractivity contribution in [2.75, 3.05) is 10.7 Å². The Bertz CT molecular complexity index is 1770. The highest BCUT2D eigenvalue weighted by molar-refractivity contribution is 8.15. The Morgan fingerprint density at radius 2 is 1.76 bits per heavy atom. The fourth-order valence-corrected chi connectivity index (χ4v) is 5.93. The number of carbonyl (C=O) groups excluding carboxylic acids is 2. The smallest absolute Gasteiger partial charge is 0.406 e. The summed E-state index contributed by atoms with van der Waals surface area (Å²) < 4.78 is 42.7. The van der Waals surface area contributed by atoms with Gasteiger partial charge in [0.15, 0.2) is 11.0 Å². The van der Waals surface area contributed by atoms with E-state index in [1.54, 1.807) is 4.90 Å². The minimum Gasteiger partial charge on any atom is -0.406 e. The molecule has 0 radical (unpaired) electrons. The number of alkyl halides is 3. The number of aliphatic imine (C=N–C) groups is 1. The third kappa shape index (κ3) is 7.94. The summed E-state index contributed by atoms with van der Waals surface area (Å²) in [5.74, 6) is 0.395. The van der Waals surface area contributed by atoms with Crippen LogP contribution in [0.1, 0.15) is 50.3 Å².